The van der Waals surface area contributed by atoms with Crippen LogP contribution in [0.2, 0.25) is 5.02 Å². The summed E-state index contributed by atoms with van der Waals surface area (Å²) >= 11 is 6.16. The summed E-state index contributed by atoms with van der Waals surface area (Å²) in [4.78, 5) is 9.04. The number of halogens is 1. The van der Waals surface area contributed by atoms with E-state index < -0.39 is 16.9 Å². The molecule has 1 heterocycles. The van der Waals surface area contributed by atoms with Crippen molar-refractivity contribution in [3.63, 3.8) is 0 Å². The Labute approximate surface area is 231 Å². The topological polar surface area (TPSA) is 71.4 Å². The Morgan fingerprint density at radius 2 is 1.42 bits per heavy atom. The number of pyridine rings is 1. The zero-order chi connectivity index (χ0) is 26.7. The maximum absolute atomic E-state index is 12.1. The quantitative estimate of drug-likeness (QED) is 0.249. The van der Waals surface area contributed by atoms with E-state index in [1.165, 1.54) is 16.7 Å². The summed E-state index contributed by atoms with van der Waals surface area (Å²) in [6, 6.07) is 11.9. The SMILES string of the molecule is CC(=Nc1c(C)cc(C)cc1C)c1ccccn1.CC(C)(C)c1cc(Cl)c(C(C)(C)C)c([O-])c1[O-].[Ni+2]. The van der Waals surface area contributed by atoms with Gasteiger partial charge in [0.25, 0.3) is 0 Å². The van der Waals surface area contributed by atoms with Gasteiger partial charge >= 0.3 is 16.5 Å². The number of hydrogen-bond acceptors (Lipinski definition) is 4. The number of rotatable bonds is 2. The molecule has 3 rings (SSSR count). The maximum Gasteiger partial charge on any atom is 2.00 e. The fourth-order valence-corrected chi connectivity index (χ4v) is 4.49. The Hall–Kier alpha value is -2.36. The molecule has 3 aromatic rings. The van der Waals surface area contributed by atoms with Gasteiger partial charge in [-0.05, 0) is 79.0 Å². The second-order valence-electron chi connectivity index (χ2n) is 11.1. The van der Waals surface area contributed by atoms with Crippen molar-refractivity contribution in [1.82, 2.24) is 4.98 Å². The summed E-state index contributed by atoms with van der Waals surface area (Å²) in [5, 5.41) is 24.6. The number of hydrogen-bond donors (Lipinski definition) is 0. The Morgan fingerprint density at radius 3 is 1.86 bits per heavy atom. The molecule has 36 heavy (non-hydrogen) atoms. The van der Waals surface area contributed by atoms with Gasteiger partial charge in [0.05, 0.1) is 17.1 Å². The number of aromatic nitrogens is 1. The van der Waals surface area contributed by atoms with Crippen LogP contribution in [0.4, 0.5) is 5.69 Å². The van der Waals surface area contributed by atoms with Crippen molar-refractivity contribution in [2.45, 2.75) is 80.1 Å². The predicted molar refractivity (Wildman–Crippen MR) is 145 cm³/mol. The van der Waals surface area contributed by atoms with E-state index in [1.54, 1.807) is 12.3 Å². The Balaban J connectivity index is 0.000000351. The molecule has 0 amide bonds. The smallest absolute Gasteiger partial charge is 0.873 e. The van der Waals surface area contributed by atoms with Crippen LogP contribution in [-0.4, -0.2) is 10.7 Å². The summed E-state index contributed by atoms with van der Waals surface area (Å²) in [6.07, 6.45) is 1.79. The first-order chi connectivity index (χ1) is 16.0. The molecule has 0 saturated carbocycles. The Morgan fingerprint density at radius 1 is 0.861 bits per heavy atom. The molecule has 0 radical (unpaired) electrons. The van der Waals surface area contributed by atoms with E-state index in [-0.39, 0.29) is 21.9 Å². The van der Waals surface area contributed by atoms with Gasteiger partial charge in [0.1, 0.15) is 0 Å². The van der Waals surface area contributed by atoms with Crippen LogP contribution in [0.3, 0.4) is 0 Å². The fourth-order valence-electron chi connectivity index (χ4n) is 4.02. The molecule has 0 aliphatic heterocycles. The largest absolute Gasteiger partial charge is 2.00 e. The minimum Gasteiger partial charge on any atom is -0.873 e. The molecule has 196 valence electrons. The van der Waals surface area contributed by atoms with Gasteiger partial charge in [-0.15, -0.1) is 11.5 Å². The van der Waals surface area contributed by atoms with Gasteiger partial charge in [0.2, 0.25) is 0 Å². The summed E-state index contributed by atoms with van der Waals surface area (Å²) < 4.78 is 0. The molecular formula is C30H37ClN2NiO2. The monoisotopic (exact) mass is 550 g/mol. The summed E-state index contributed by atoms with van der Waals surface area (Å²) in [6.45, 7) is 19.7. The number of nitrogens with zero attached hydrogens (tertiary/aromatic N) is 2. The van der Waals surface area contributed by atoms with Crippen molar-refractivity contribution in [2.75, 3.05) is 0 Å². The second-order valence-corrected chi connectivity index (χ2v) is 11.5. The van der Waals surface area contributed by atoms with Crippen molar-refractivity contribution >= 4 is 23.0 Å². The van der Waals surface area contributed by atoms with E-state index >= 15 is 0 Å². The van der Waals surface area contributed by atoms with E-state index in [9.17, 15) is 10.2 Å². The van der Waals surface area contributed by atoms with Gasteiger partial charge in [0, 0.05) is 11.2 Å². The molecule has 0 bridgehead atoms. The van der Waals surface area contributed by atoms with Gasteiger partial charge in [-0.25, -0.2) is 0 Å². The summed E-state index contributed by atoms with van der Waals surface area (Å²) in [7, 11) is 0. The first-order valence-corrected chi connectivity index (χ1v) is 12.2. The number of aliphatic imine (C=N–C) groups is 1. The summed E-state index contributed by atoms with van der Waals surface area (Å²) in [5.41, 5.74) is 6.76. The summed E-state index contributed by atoms with van der Waals surface area (Å²) in [5.74, 6) is -0.887. The van der Waals surface area contributed by atoms with Crippen molar-refractivity contribution in [3.8, 4) is 11.5 Å². The standard InChI is InChI=1S/C16H18N2.C14H21ClO2.Ni/c1-11-9-12(2)16(13(3)10-11)18-14(4)15-7-5-6-8-17-15;1-13(2,3)8-7-9(15)10(14(4,5)6)12(17)11(8)16;/h5-10H,1-4H3;7,16-17H,1-6H3;/q;;+2/p-2. The van der Waals surface area contributed by atoms with Gasteiger partial charge in [0.15, 0.2) is 0 Å². The fraction of sp³-hybridized carbons (Fsp3) is 0.400. The van der Waals surface area contributed by atoms with Crippen LogP contribution in [0.1, 0.15) is 82.0 Å². The zero-order valence-electron chi connectivity index (χ0n) is 22.9. The van der Waals surface area contributed by atoms with Crippen LogP contribution < -0.4 is 10.2 Å². The molecule has 0 fully saturated rings. The second kappa shape index (κ2) is 12.3. The van der Waals surface area contributed by atoms with Gasteiger partial charge in [-0.1, -0.05) is 76.9 Å². The molecule has 0 aliphatic carbocycles. The zero-order valence-corrected chi connectivity index (χ0v) is 24.7. The van der Waals surface area contributed by atoms with E-state index in [4.69, 9.17) is 16.6 Å². The molecule has 0 N–H and O–H groups in total. The van der Waals surface area contributed by atoms with Crippen LogP contribution in [0, 0.1) is 20.8 Å². The third-order valence-electron chi connectivity index (χ3n) is 5.70. The van der Waals surface area contributed by atoms with Crippen molar-refractivity contribution < 1.29 is 26.7 Å². The number of aryl methyl sites for hydroxylation is 3. The average molecular weight is 552 g/mol. The van der Waals surface area contributed by atoms with Crippen molar-refractivity contribution in [2.24, 2.45) is 4.99 Å². The van der Waals surface area contributed by atoms with Crippen LogP contribution in [0.15, 0.2) is 47.6 Å². The van der Waals surface area contributed by atoms with Gasteiger partial charge in [-0.2, -0.15) is 0 Å². The molecule has 4 nitrogen and oxygen atoms in total. The molecule has 6 heteroatoms. The third kappa shape index (κ3) is 7.82. The van der Waals surface area contributed by atoms with Gasteiger partial charge < -0.3 is 10.2 Å². The minimum absolute atomic E-state index is 0. The Kier molecular flexibility index (Phi) is 10.8. The molecule has 1 aromatic heterocycles. The number of benzene rings is 2. The molecule has 0 aliphatic rings. The van der Waals surface area contributed by atoms with E-state index in [1.807, 2.05) is 66.7 Å². The first kappa shape index (κ1) is 31.7. The van der Waals surface area contributed by atoms with Crippen LogP contribution in [0.25, 0.3) is 0 Å². The predicted octanol–water partition coefficient (Wildman–Crippen LogP) is 7.23. The van der Waals surface area contributed by atoms with E-state index in [0.717, 1.165) is 17.1 Å². The normalized spacial score (nSPS) is 11.9. The Bertz CT molecular complexity index is 1200. The van der Waals surface area contributed by atoms with Crippen molar-refractivity contribution in [1.29, 1.82) is 0 Å². The average Bonchev–Trinajstić information content (AvgIpc) is 2.72. The van der Waals surface area contributed by atoms with Crippen LogP contribution in [0.5, 0.6) is 11.5 Å². The van der Waals surface area contributed by atoms with Gasteiger partial charge in [-0.3, -0.25) is 9.98 Å². The molecule has 2 aromatic carbocycles. The van der Waals surface area contributed by atoms with Crippen LogP contribution in [-0.2, 0) is 27.3 Å². The molecule has 0 spiro atoms. The molecule has 0 unspecified atom stereocenters. The minimum atomic E-state index is -0.463. The van der Waals surface area contributed by atoms with Crippen molar-refractivity contribution in [3.05, 3.63) is 81.1 Å². The molecule has 0 saturated heterocycles. The van der Waals surface area contributed by atoms with Crippen LogP contribution >= 0.6 is 11.6 Å². The van der Waals surface area contributed by atoms with E-state index in [2.05, 4.69) is 37.9 Å². The first-order valence-electron chi connectivity index (χ1n) is 11.8. The van der Waals surface area contributed by atoms with E-state index in [0.29, 0.717) is 16.1 Å². The molecular weight excluding hydrogens is 514 g/mol. The molecule has 0 atom stereocenters. The third-order valence-corrected chi connectivity index (χ3v) is 5.99. The maximum atomic E-state index is 12.1.